The van der Waals surface area contributed by atoms with E-state index in [0.717, 1.165) is 5.69 Å². The molecule has 0 aliphatic carbocycles. The highest BCUT2D eigenvalue weighted by Crippen LogP contribution is 2.37. The number of hydrogen-bond donors (Lipinski definition) is 1. The smallest absolute Gasteiger partial charge is 0.337 e. The zero-order valence-electron chi connectivity index (χ0n) is 13.5. The lowest BCUT2D eigenvalue weighted by Gasteiger charge is -2.30. The Morgan fingerprint density at radius 3 is 2.48 bits per heavy atom. The molecule has 0 bridgehead atoms. The second-order valence-corrected chi connectivity index (χ2v) is 6.44. The van der Waals surface area contributed by atoms with E-state index in [-0.39, 0.29) is 11.9 Å². The molecule has 1 aliphatic heterocycles. The Morgan fingerprint density at radius 1 is 1.20 bits per heavy atom. The fourth-order valence-corrected chi connectivity index (χ4v) is 3.37. The van der Waals surface area contributed by atoms with Gasteiger partial charge in [-0.1, -0.05) is 23.2 Å². The molecule has 5 nitrogen and oxygen atoms in total. The molecule has 1 saturated heterocycles. The first-order valence-electron chi connectivity index (χ1n) is 7.71. The summed E-state index contributed by atoms with van der Waals surface area (Å²) in [6.45, 7) is 0.603. The Morgan fingerprint density at radius 2 is 1.92 bits per heavy atom. The number of halogens is 2. The highest BCUT2D eigenvalue weighted by atomic mass is 35.5. The average Bonchev–Trinajstić information content (AvgIpc) is 3.03. The van der Waals surface area contributed by atoms with E-state index in [1.165, 1.54) is 7.11 Å². The molecule has 25 heavy (non-hydrogen) atoms. The molecule has 7 heteroatoms. The normalized spacial score (nSPS) is 16.4. The van der Waals surface area contributed by atoms with E-state index in [9.17, 15) is 9.59 Å². The van der Waals surface area contributed by atoms with Crippen LogP contribution in [-0.2, 0) is 9.53 Å². The predicted molar refractivity (Wildman–Crippen MR) is 97.8 cm³/mol. The van der Waals surface area contributed by atoms with Crippen molar-refractivity contribution in [3.05, 3.63) is 58.1 Å². The van der Waals surface area contributed by atoms with Crippen molar-refractivity contribution < 1.29 is 14.3 Å². The molecule has 2 aromatic carbocycles. The number of methoxy groups -OCH3 is 1. The van der Waals surface area contributed by atoms with Crippen molar-refractivity contribution in [2.75, 3.05) is 18.6 Å². The van der Waals surface area contributed by atoms with Gasteiger partial charge in [0, 0.05) is 17.3 Å². The van der Waals surface area contributed by atoms with Crippen LogP contribution in [-0.4, -0.2) is 31.6 Å². The average molecular weight is 379 g/mol. The van der Waals surface area contributed by atoms with Gasteiger partial charge in [-0.25, -0.2) is 4.79 Å². The molecule has 130 valence electrons. The van der Waals surface area contributed by atoms with Gasteiger partial charge in [-0.3, -0.25) is 4.79 Å². The SMILES string of the molecule is COC(=O)c1ccc(N(c2ccc(Cl)cc2Cl)C2CCNC2=O)cc1. The molecule has 1 atom stereocenters. The van der Waals surface area contributed by atoms with Gasteiger partial charge in [-0.2, -0.15) is 0 Å². The lowest BCUT2D eigenvalue weighted by atomic mass is 10.1. The number of nitrogens with one attached hydrogen (secondary N) is 1. The van der Waals surface area contributed by atoms with Crippen molar-refractivity contribution in [1.82, 2.24) is 5.32 Å². The monoisotopic (exact) mass is 378 g/mol. The molecule has 0 saturated carbocycles. The number of ether oxygens (including phenoxy) is 1. The lowest BCUT2D eigenvalue weighted by Crippen LogP contribution is -2.37. The number of esters is 1. The van der Waals surface area contributed by atoms with Crippen molar-refractivity contribution in [2.24, 2.45) is 0 Å². The van der Waals surface area contributed by atoms with Crippen molar-refractivity contribution in [1.29, 1.82) is 0 Å². The summed E-state index contributed by atoms with van der Waals surface area (Å²) in [4.78, 5) is 25.8. The second kappa shape index (κ2) is 7.33. The third kappa shape index (κ3) is 3.57. The summed E-state index contributed by atoms with van der Waals surface area (Å²) in [5.74, 6) is -0.482. The quantitative estimate of drug-likeness (QED) is 0.821. The van der Waals surface area contributed by atoms with E-state index >= 15 is 0 Å². The van der Waals surface area contributed by atoms with Crippen LogP contribution in [0.1, 0.15) is 16.8 Å². The first-order valence-corrected chi connectivity index (χ1v) is 8.47. The van der Waals surface area contributed by atoms with E-state index < -0.39 is 5.97 Å². The lowest BCUT2D eigenvalue weighted by molar-refractivity contribution is -0.120. The molecule has 0 spiro atoms. The largest absolute Gasteiger partial charge is 0.465 e. The van der Waals surface area contributed by atoms with Crippen molar-refractivity contribution in [3.63, 3.8) is 0 Å². The molecule has 1 N–H and O–H groups in total. The van der Waals surface area contributed by atoms with Gasteiger partial charge < -0.3 is 15.0 Å². The van der Waals surface area contributed by atoms with Gasteiger partial charge in [0.05, 0.1) is 23.4 Å². The third-order valence-corrected chi connectivity index (χ3v) is 4.60. The Balaban J connectivity index is 2.05. The van der Waals surface area contributed by atoms with E-state index in [1.54, 1.807) is 42.5 Å². The number of carbonyl (C=O) groups is 2. The number of carbonyl (C=O) groups excluding carboxylic acids is 2. The molecule has 1 amide bonds. The minimum absolute atomic E-state index is 0.0666. The third-order valence-electron chi connectivity index (χ3n) is 4.07. The minimum Gasteiger partial charge on any atom is -0.465 e. The fraction of sp³-hybridized carbons (Fsp3) is 0.222. The summed E-state index contributed by atoms with van der Waals surface area (Å²) in [6.07, 6.45) is 0.649. The maximum absolute atomic E-state index is 12.3. The van der Waals surface area contributed by atoms with Crippen LogP contribution in [0.2, 0.25) is 10.0 Å². The Bertz CT molecular complexity index is 808. The zero-order chi connectivity index (χ0) is 18.0. The van der Waals surface area contributed by atoms with Crippen molar-refractivity contribution in [3.8, 4) is 0 Å². The van der Waals surface area contributed by atoms with Gasteiger partial charge in [-0.15, -0.1) is 0 Å². The first kappa shape index (κ1) is 17.6. The topological polar surface area (TPSA) is 58.6 Å². The molecule has 2 aromatic rings. The van der Waals surface area contributed by atoms with Crippen LogP contribution in [0.5, 0.6) is 0 Å². The summed E-state index contributed by atoms with van der Waals surface area (Å²) in [7, 11) is 1.33. The molecule has 1 fully saturated rings. The fourth-order valence-electron chi connectivity index (χ4n) is 2.87. The highest BCUT2D eigenvalue weighted by molar-refractivity contribution is 6.36. The number of nitrogens with zero attached hydrogens (tertiary/aromatic N) is 1. The predicted octanol–water partition coefficient (Wildman–Crippen LogP) is 3.81. The number of rotatable bonds is 4. The number of amides is 1. The maximum atomic E-state index is 12.3. The molecule has 1 unspecified atom stereocenters. The van der Waals surface area contributed by atoms with Gasteiger partial charge in [0.1, 0.15) is 6.04 Å². The number of benzene rings is 2. The van der Waals surface area contributed by atoms with Crippen LogP contribution in [0.3, 0.4) is 0 Å². The van der Waals surface area contributed by atoms with Crippen LogP contribution >= 0.6 is 23.2 Å². The molecule has 0 radical (unpaired) electrons. The van der Waals surface area contributed by atoms with Crippen LogP contribution in [0, 0.1) is 0 Å². The van der Waals surface area contributed by atoms with Crippen molar-refractivity contribution in [2.45, 2.75) is 12.5 Å². The van der Waals surface area contributed by atoms with E-state index in [2.05, 4.69) is 5.32 Å². The molecular formula is C18H16Cl2N2O3. The van der Waals surface area contributed by atoms with Gasteiger partial charge in [0.15, 0.2) is 0 Å². The van der Waals surface area contributed by atoms with Crippen LogP contribution in [0.25, 0.3) is 0 Å². The van der Waals surface area contributed by atoms with E-state index in [4.69, 9.17) is 27.9 Å². The number of hydrogen-bond acceptors (Lipinski definition) is 4. The summed E-state index contributed by atoms with van der Waals surface area (Å²) < 4.78 is 4.72. The molecule has 3 rings (SSSR count). The Kier molecular flexibility index (Phi) is 5.16. The van der Waals surface area contributed by atoms with Crippen LogP contribution in [0.4, 0.5) is 11.4 Å². The Labute approximate surface area is 155 Å². The summed E-state index contributed by atoms with van der Waals surface area (Å²) >= 11 is 12.4. The van der Waals surface area contributed by atoms with Crippen LogP contribution < -0.4 is 10.2 Å². The standard InChI is InChI=1S/C18H16Cl2N2O3/c1-25-18(24)11-2-5-13(6-3-11)22(16-8-9-21-17(16)23)15-7-4-12(19)10-14(15)20/h2-7,10,16H,8-9H2,1H3,(H,21,23). The molecule has 1 aliphatic rings. The minimum atomic E-state index is -0.416. The summed E-state index contributed by atoms with van der Waals surface area (Å²) in [6, 6.07) is 11.6. The second-order valence-electron chi connectivity index (χ2n) is 5.60. The van der Waals surface area contributed by atoms with Gasteiger partial charge >= 0.3 is 5.97 Å². The molecule has 0 aromatic heterocycles. The van der Waals surface area contributed by atoms with Gasteiger partial charge in [0.2, 0.25) is 5.91 Å². The van der Waals surface area contributed by atoms with E-state index in [0.29, 0.717) is 34.3 Å². The number of anilines is 2. The van der Waals surface area contributed by atoms with Crippen LogP contribution in [0.15, 0.2) is 42.5 Å². The maximum Gasteiger partial charge on any atom is 0.337 e. The highest BCUT2D eigenvalue weighted by Gasteiger charge is 2.32. The van der Waals surface area contributed by atoms with Crippen molar-refractivity contribution >= 4 is 46.5 Å². The molecule has 1 heterocycles. The summed E-state index contributed by atoms with van der Waals surface area (Å²) in [5.41, 5.74) is 1.86. The first-order chi connectivity index (χ1) is 12.0. The van der Waals surface area contributed by atoms with E-state index in [1.807, 2.05) is 4.90 Å². The van der Waals surface area contributed by atoms with Gasteiger partial charge in [-0.05, 0) is 48.9 Å². The Hall–Kier alpha value is -2.24. The summed E-state index contributed by atoms with van der Waals surface area (Å²) in [5, 5.41) is 3.80. The molecular weight excluding hydrogens is 363 g/mol. The zero-order valence-corrected chi connectivity index (χ0v) is 15.0. The van der Waals surface area contributed by atoms with Gasteiger partial charge in [0.25, 0.3) is 0 Å².